The molecule has 1 aliphatic rings. The Bertz CT molecular complexity index is 177. The molecule has 0 bridgehead atoms. The molecule has 1 fully saturated rings. The third-order valence-corrected chi connectivity index (χ3v) is 2.49. The number of hydrogen-bond acceptors (Lipinski definition) is 2. The Balaban J connectivity index is 2.46. The summed E-state index contributed by atoms with van der Waals surface area (Å²) in [5.41, 5.74) is 5.34. The second-order valence-electron chi connectivity index (χ2n) is 3.90. The molecule has 11 heavy (non-hydrogen) atoms. The van der Waals surface area contributed by atoms with E-state index in [4.69, 9.17) is 10.8 Å². The van der Waals surface area contributed by atoms with E-state index in [0.717, 1.165) is 6.42 Å². The molecule has 0 aromatic rings. The van der Waals surface area contributed by atoms with Gasteiger partial charge in [0.05, 0.1) is 6.42 Å². The van der Waals surface area contributed by atoms with Gasteiger partial charge in [0, 0.05) is 5.54 Å². The van der Waals surface area contributed by atoms with Gasteiger partial charge in [-0.2, -0.15) is 0 Å². The maximum absolute atomic E-state index is 10.4. The lowest BCUT2D eigenvalue weighted by molar-refractivity contribution is -0.138. The van der Waals surface area contributed by atoms with Crippen molar-refractivity contribution in [2.45, 2.75) is 32.2 Å². The van der Waals surface area contributed by atoms with Gasteiger partial charge < -0.3 is 10.8 Å². The molecule has 3 heteroatoms. The zero-order valence-corrected chi connectivity index (χ0v) is 7.00. The summed E-state index contributed by atoms with van der Waals surface area (Å²) in [7, 11) is 0. The maximum Gasteiger partial charge on any atom is 0.305 e. The second kappa shape index (κ2) is 2.48. The lowest BCUT2D eigenvalue weighted by atomic mass is 9.92. The third kappa shape index (κ3) is 1.93. The Morgan fingerprint density at radius 1 is 1.82 bits per heavy atom. The van der Waals surface area contributed by atoms with Gasteiger partial charge in [-0.25, -0.2) is 0 Å². The van der Waals surface area contributed by atoms with Crippen LogP contribution in [0.5, 0.6) is 0 Å². The molecule has 0 amide bonds. The molecule has 0 saturated heterocycles. The molecule has 0 spiro atoms. The molecular weight excluding hydrogens is 142 g/mol. The summed E-state index contributed by atoms with van der Waals surface area (Å²) >= 11 is 0. The smallest absolute Gasteiger partial charge is 0.305 e. The van der Waals surface area contributed by atoms with Crippen molar-refractivity contribution in [3.63, 3.8) is 0 Å². The van der Waals surface area contributed by atoms with E-state index in [1.54, 1.807) is 0 Å². The molecule has 3 atom stereocenters. The number of carboxylic acids is 1. The molecule has 0 radical (unpaired) electrons. The molecule has 64 valence electrons. The first-order chi connectivity index (χ1) is 4.93. The first-order valence-electron chi connectivity index (χ1n) is 3.94. The number of aliphatic carboxylic acids is 1. The normalized spacial score (nSPS) is 34.5. The summed E-state index contributed by atoms with van der Waals surface area (Å²) in [5, 5.41) is 8.53. The third-order valence-electron chi connectivity index (χ3n) is 2.49. The minimum absolute atomic E-state index is 0.0853. The molecule has 1 aliphatic carbocycles. The van der Waals surface area contributed by atoms with Crippen molar-refractivity contribution in [1.29, 1.82) is 0 Å². The molecule has 3 nitrogen and oxygen atoms in total. The molecule has 0 aromatic carbocycles. The van der Waals surface area contributed by atoms with E-state index in [9.17, 15) is 4.79 Å². The Morgan fingerprint density at radius 2 is 2.27 bits per heavy atom. The summed E-state index contributed by atoms with van der Waals surface area (Å²) in [6.07, 6.45) is 1.17. The van der Waals surface area contributed by atoms with Crippen LogP contribution in [0, 0.1) is 11.8 Å². The molecule has 0 heterocycles. The Hall–Kier alpha value is -0.570. The highest BCUT2D eigenvalue weighted by atomic mass is 16.4. The van der Waals surface area contributed by atoms with Gasteiger partial charge in [-0.1, -0.05) is 6.92 Å². The van der Waals surface area contributed by atoms with Gasteiger partial charge in [0.1, 0.15) is 0 Å². The van der Waals surface area contributed by atoms with Crippen LogP contribution in [0.2, 0.25) is 0 Å². The largest absolute Gasteiger partial charge is 0.481 e. The SMILES string of the molecule is CC1CC1C(C)(N)CC(=O)O. The van der Waals surface area contributed by atoms with Crippen LogP contribution in [0.25, 0.3) is 0 Å². The highest BCUT2D eigenvalue weighted by Crippen LogP contribution is 2.45. The predicted molar refractivity (Wildman–Crippen MR) is 42.1 cm³/mol. The van der Waals surface area contributed by atoms with Gasteiger partial charge in [-0.3, -0.25) is 4.79 Å². The van der Waals surface area contributed by atoms with Crippen LogP contribution in [0.15, 0.2) is 0 Å². The van der Waals surface area contributed by atoms with Gasteiger partial charge in [-0.05, 0) is 25.2 Å². The van der Waals surface area contributed by atoms with Crippen molar-refractivity contribution >= 4 is 5.97 Å². The quantitative estimate of drug-likeness (QED) is 0.638. The van der Waals surface area contributed by atoms with Gasteiger partial charge >= 0.3 is 5.97 Å². The maximum atomic E-state index is 10.4. The van der Waals surface area contributed by atoms with E-state index < -0.39 is 11.5 Å². The fourth-order valence-electron chi connectivity index (χ4n) is 1.70. The van der Waals surface area contributed by atoms with Crippen LogP contribution in [-0.4, -0.2) is 16.6 Å². The first-order valence-corrected chi connectivity index (χ1v) is 3.94. The molecule has 0 aliphatic heterocycles. The first kappa shape index (κ1) is 8.53. The summed E-state index contributed by atoms with van der Waals surface area (Å²) in [6, 6.07) is 0. The topological polar surface area (TPSA) is 63.3 Å². The average Bonchev–Trinajstić information content (AvgIpc) is 2.42. The molecular formula is C8H15NO2. The van der Waals surface area contributed by atoms with Crippen molar-refractivity contribution in [3.05, 3.63) is 0 Å². The summed E-state index contributed by atoms with van der Waals surface area (Å²) in [6.45, 7) is 3.94. The highest BCUT2D eigenvalue weighted by molar-refractivity contribution is 5.68. The zero-order valence-electron chi connectivity index (χ0n) is 7.00. The van der Waals surface area contributed by atoms with Crippen molar-refractivity contribution in [3.8, 4) is 0 Å². The van der Waals surface area contributed by atoms with Gasteiger partial charge in [0.25, 0.3) is 0 Å². The van der Waals surface area contributed by atoms with Crippen LogP contribution in [0.3, 0.4) is 0 Å². The Kier molecular flexibility index (Phi) is 1.92. The van der Waals surface area contributed by atoms with Crippen LogP contribution in [0.1, 0.15) is 26.7 Å². The minimum Gasteiger partial charge on any atom is -0.481 e. The van der Waals surface area contributed by atoms with Crippen molar-refractivity contribution in [2.24, 2.45) is 17.6 Å². The van der Waals surface area contributed by atoms with E-state index in [2.05, 4.69) is 6.92 Å². The van der Waals surface area contributed by atoms with Crippen LogP contribution in [0.4, 0.5) is 0 Å². The summed E-state index contributed by atoms with van der Waals surface area (Å²) < 4.78 is 0. The van der Waals surface area contributed by atoms with Gasteiger partial charge in [0.2, 0.25) is 0 Å². The van der Waals surface area contributed by atoms with Crippen LogP contribution in [-0.2, 0) is 4.79 Å². The van der Waals surface area contributed by atoms with E-state index in [1.165, 1.54) is 0 Å². The van der Waals surface area contributed by atoms with Crippen LogP contribution < -0.4 is 5.73 Å². The van der Waals surface area contributed by atoms with Crippen molar-refractivity contribution in [1.82, 2.24) is 0 Å². The van der Waals surface area contributed by atoms with Crippen molar-refractivity contribution in [2.75, 3.05) is 0 Å². The predicted octanol–water partition coefficient (Wildman–Crippen LogP) is 0.835. The fourth-order valence-corrected chi connectivity index (χ4v) is 1.70. The monoisotopic (exact) mass is 157 g/mol. The van der Waals surface area contributed by atoms with E-state index in [0.29, 0.717) is 11.8 Å². The van der Waals surface area contributed by atoms with E-state index >= 15 is 0 Å². The lowest BCUT2D eigenvalue weighted by Crippen LogP contribution is -2.41. The van der Waals surface area contributed by atoms with Crippen LogP contribution >= 0.6 is 0 Å². The number of rotatable bonds is 3. The van der Waals surface area contributed by atoms with E-state index in [-0.39, 0.29) is 6.42 Å². The minimum atomic E-state index is -0.797. The Labute approximate surface area is 66.6 Å². The van der Waals surface area contributed by atoms with Gasteiger partial charge in [0.15, 0.2) is 0 Å². The molecule has 3 unspecified atom stereocenters. The number of hydrogen-bond donors (Lipinski definition) is 2. The number of carbonyl (C=O) groups is 1. The second-order valence-corrected chi connectivity index (χ2v) is 3.90. The average molecular weight is 157 g/mol. The number of nitrogens with two attached hydrogens (primary N) is 1. The highest BCUT2D eigenvalue weighted by Gasteiger charge is 2.46. The Morgan fingerprint density at radius 3 is 2.55 bits per heavy atom. The standard InChI is InChI=1S/C8H15NO2/c1-5-3-6(5)8(2,9)4-7(10)11/h5-6H,3-4,9H2,1-2H3,(H,10,11). The molecule has 0 aromatic heterocycles. The molecule has 3 N–H and O–H groups in total. The zero-order chi connectivity index (χ0) is 8.65. The van der Waals surface area contributed by atoms with E-state index in [1.807, 2.05) is 6.92 Å². The van der Waals surface area contributed by atoms with Crippen molar-refractivity contribution < 1.29 is 9.90 Å². The summed E-state index contributed by atoms with van der Waals surface area (Å²) in [4.78, 5) is 10.4. The lowest BCUT2D eigenvalue weighted by Gasteiger charge is -2.22. The molecule has 1 rings (SSSR count). The fraction of sp³-hybridized carbons (Fsp3) is 0.875. The van der Waals surface area contributed by atoms with Gasteiger partial charge in [-0.15, -0.1) is 0 Å². The molecule has 1 saturated carbocycles. The summed E-state index contributed by atoms with van der Waals surface area (Å²) in [5.74, 6) is 0.233. The number of carboxylic acid groups (broad SMARTS) is 1.